The Balaban J connectivity index is 1.67. The van der Waals surface area contributed by atoms with Gasteiger partial charge < -0.3 is 20.3 Å². The number of rotatable bonds is 4. The van der Waals surface area contributed by atoms with Crippen LogP contribution >= 0.6 is 0 Å². The van der Waals surface area contributed by atoms with Crippen molar-refractivity contribution < 1.29 is 28.2 Å². The molecule has 12 heteroatoms. The fraction of sp³-hybridized carbons (Fsp3) is 0.263. The van der Waals surface area contributed by atoms with E-state index in [4.69, 9.17) is 21.6 Å². The highest BCUT2D eigenvalue weighted by molar-refractivity contribution is 5.89. The van der Waals surface area contributed by atoms with E-state index in [1.807, 2.05) is 0 Å². The van der Waals surface area contributed by atoms with Gasteiger partial charge in [0.15, 0.2) is 24.0 Å². The Hall–Kier alpha value is -3.82. The van der Waals surface area contributed by atoms with Crippen molar-refractivity contribution in [3.8, 4) is 12.3 Å². The summed E-state index contributed by atoms with van der Waals surface area (Å²) >= 11 is 0. The van der Waals surface area contributed by atoms with Crippen molar-refractivity contribution in [3.05, 3.63) is 52.6 Å². The van der Waals surface area contributed by atoms with E-state index >= 15 is 8.78 Å². The number of nitrogens with zero attached hydrogens (tertiary/aromatic N) is 3. The number of aromatic amines is 1. The summed E-state index contributed by atoms with van der Waals surface area (Å²) in [4.78, 5) is 33.9. The average Bonchev–Trinajstić information content (AvgIpc) is 3.26. The topological polar surface area (TPSA) is 145 Å². The fourth-order valence-corrected chi connectivity index (χ4v) is 3.25. The lowest BCUT2D eigenvalue weighted by atomic mass is 9.95. The lowest BCUT2D eigenvalue weighted by Gasteiger charge is -2.24. The Morgan fingerprint density at radius 3 is 2.84 bits per heavy atom. The molecule has 1 aromatic carbocycles. The fourth-order valence-electron chi connectivity index (χ4n) is 3.25. The average molecular weight is 431 g/mol. The van der Waals surface area contributed by atoms with Gasteiger partial charge in [-0.2, -0.15) is 4.98 Å². The number of aromatic nitrogens is 4. The predicted molar refractivity (Wildman–Crippen MR) is 102 cm³/mol. The number of imidazole rings is 1. The van der Waals surface area contributed by atoms with Gasteiger partial charge >= 0.3 is 5.97 Å². The third kappa shape index (κ3) is 3.20. The van der Waals surface area contributed by atoms with Crippen molar-refractivity contribution in [2.45, 2.75) is 23.9 Å². The quantitative estimate of drug-likeness (QED) is 0.399. The molecular weight excluding hydrogens is 416 g/mol. The van der Waals surface area contributed by atoms with Gasteiger partial charge in [-0.05, 0) is 12.1 Å². The normalized spacial score (nSPS) is 27.8. The summed E-state index contributed by atoms with van der Waals surface area (Å²) in [6, 6.07) is 7.61. The van der Waals surface area contributed by atoms with E-state index in [0.717, 1.165) is 10.9 Å². The minimum Gasteiger partial charge on any atom is -0.456 e. The van der Waals surface area contributed by atoms with Crippen LogP contribution in [0.15, 0.2) is 41.5 Å². The molecule has 2 aromatic heterocycles. The number of nitrogens with one attached hydrogen (secondary N) is 1. The van der Waals surface area contributed by atoms with Crippen molar-refractivity contribution in [2.75, 3.05) is 12.3 Å². The molecule has 31 heavy (non-hydrogen) atoms. The Kier molecular flexibility index (Phi) is 4.72. The molecule has 160 valence electrons. The van der Waals surface area contributed by atoms with Gasteiger partial charge in [-0.3, -0.25) is 14.3 Å². The molecule has 0 amide bonds. The molecular formula is C19H15F2N5O5. The first kappa shape index (κ1) is 20.5. The van der Waals surface area contributed by atoms with Crippen molar-refractivity contribution >= 4 is 23.1 Å². The van der Waals surface area contributed by atoms with E-state index in [9.17, 15) is 14.7 Å². The number of halogens is 2. The Bertz CT molecular complexity index is 1260. The molecule has 0 saturated carbocycles. The van der Waals surface area contributed by atoms with Crippen LogP contribution in [-0.2, 0) is 9.47 Å². The summed E-state index contributed by atoms with van der Waals surface area (Å²) in [5.74, 6) is -2.77. The molecule has 0 unspecified atom stereocenters. The van der Waals surface area contributed by atoms with E-state index < -0.39 is 42.0 Å². The van der Waals surface area contributed by atoms with Gasteiger partial charge in [0.25, 0.3) is 11.4 Å². The van der Waals surface area contributed by atoms with Crippen LogP contribution in [0.3, 0.4) is 0 Å². The number of H-pyrrole nitrogens is 1. The number of hydrogen-bond acceptors (Lipinski definition) is 8. The summed E-state index contributed by atoms with van der Waals surface area (Å²) < 4.78 is 41.3. The zero-order valence-corrected chi connectivity index (χ0v) is 15.7. The van der Waals surface area contributed by atoms with Gasteiger partial charge in [-0.1, -0.05) is 24.1 Å². The van der Waals surface area contributed by atoms with Crippen LogP contribution in [0.1, 0.15) is 16.6 Å². The number of esters is 1. The lowest BCUT2D eigenvalue weighted by molar-refractivity contribution is -0.196. The Morgan fingerprint density at radius 1 is 1.45 bits per heavy atom. The monoisotopic (exact) mass is 431 g/mol. The summed E-state index contributed by atoms with van der Waals surface area (Å²) in [5, 5.41) is 10.7. The second-order valence-corrected chi connectivity index (χ2v) is 6.81. The summed E-state index contributed by atoms with van der Waals surface area (Å²) in [5.41, 5.74) is 1.60. The number of nitrogens with two attached hydrogens (primary N) is 1. The van der Waals surface area contributed by atoms with Gasteiger partial charge in [0.1, 0.15) is 0 Å². The van der Waals surface area contributed by atoms with Crippen molar-refractivity contribution in [1.82, 2.24) is 19.5 Å². The molecule has 3 aromatic rings. The molecule has 1 aliphatic rings. The summed E-state index contributed by atoms with van der Waals surface area (Å²) in [6.45, 7) is -1.20. The molecule has 0 aliphatic carbocycles. The third-order valence-corrected chi connectivity index (χ3v) is 4.79. The number of fused-ring (bicyclic) bond motifs is 1. The molecule has 0 radical (unpaired) electrons. The van der Waals surface area contributed by atoms with Crippen LogP contribution in [0, 0.1) is 12.3 Å². The molecule has 4 atom stereocenters. The first-order chi connectivity index (χ1) is 14.7. The highest BCUT2D eigenvalue weighted by Gasteiger charge is 2.67. The van der Waals surface area contributed by atoms with Gasteiger partial charge in [0.2, 0.25) is 17.7 Å². The molecule has 0 spiro atoms. The number of benzene rings is 1. The number of nitrogen functional groups attached to an aromatic ring is 1. The third-order valence-electron chi connectivity index (χ3n) is 4.79. The zero-order valence-electron chi connectivity index (χ0n) is 15.7. The molecule has 4 N–H and O–H groups in total. The first-order valence-electron chi connectivity index (χ1n) is 8.85. The highest BCUT2D eigenvalue weighted by Crippen LogP contribution is 2.47. The van der Waals surface area contributed by atoms with E-state index in [-0.39, 0.29) is 22.7 Å². The molecule has 10 nitrogen and oxygen atoms in total. The van der Waals surface area contributed by atoms with Crippen molar-refractivity contribution in [3.63, 3.8) is 0 Å². The van der Waals surface area contributed by atoms with Crippen molar-refractivity contribution in [2.24, 2.45) is 0 Å². The van der Waals surface area contributed by atoms with Crippen LogP contribution in [0.5, 0.6) is 0 Å². The van der Waals surface area contributed by atoms with Crippen LogP contribution < -0.4 is 11.3 Å². The van der Waals surface area contributed by atoms with E-state index in [1.54, 1.807) is 24.1 Å². The van der Waals surface area contributed by atoms with Gasteiger partial charge in [0, 0.05) is 0 Å². The van der Waals surface area contributed by atoms with Crippen LogP contribution in [-0.4, -0.2) is 54.8 Å². The van der Waals surface area contributed by atoms with E-state index in [0.29, 0.717) is 0 Å². The largest absolute Gasteiger partial charge is 0.456 e. The maximum absolute atomic E-state index is 15.4. The summed E-state index contributed by atoms with van der Waals surface area (Å²) in [7, 11) is 0. The second-order valence-electron chi connectivity index (χ2n) is 6.81. The standard InChI is InChI=1S/C19H15F2N5O5/c1-2-18(29)15(20)19(21,8-30-14(28)10-6-4-3-5-7-10)31-16(18)26-9-23-11-12(26)24-17(22)25-13(11)27/h1,3-7,9,15-16,29H,8H2,(H3,22,24,25,27)/t15-,16+,18+,19+/m0/s1. The molecule has 4 rings (SSSR count). The minimum atomic E-state index is -3.31. The van der Waals surface area contributed by atoms with Gasteiger partial charge in [-0.15, -0.1) is 6.42 Å². The van der Waals surface area contributed by atoms with Crippen LogP contribution in [0.4, 0.5) is 14.7 Å². The lowest BCUT2D eigenvalue weighted by Crippen LogP contribution is -2.47. The predicted octanol–water partition coefficient (Wildman–Crippen LogP) is 0.456. The second kappa shape index (κ2) is 7.15. The molecule has 0 bridgehead atoms. The maximum Gasteiger partial charge on any atom is 0.338 e. The Labute approximate surface area is 172 Å². The number of terminal acetylenes is 1. The Morgan fingerprint density at radius 2 is 2.16 bits per heavy atom. The molecule has 1 aliphatic heterocycles. The minimum absolute atomic E-state index is 0.0998. The number of carbonyl (C=O) groups is 1. The first-order valence-corrected chi connectivity index (χ1v) is 8.85. The van der Waals surface area contributed by atoms with Crippen molar-refractivity contribution in [1.29, 1.82) is 0 Å². The molecule has 3 heterocycles. The van der Waals surface area contributed by atoms with E-state index in [1.165, 1.54) is 12.1 Å². The van der Waals surface area contributed by atoms with Gasteiger partial charge in [0.05, 0.1) is 11.9 Å². The van der Waals surface area contributed by atoms with E-state index in [2.05, 4.69) is 15.0 Å². The maximum atomic E-state index is 15.4. The van der Waals surface area contributed by atoms with Crippen LogP contribution in [0.2, 0.25) is 0 Å². The number of ether oxygens (including phenoxy) is 2. The number of hydrogen-bond donors (Lipinski definition) is 3. The number of carbonyl (C=O) groups excluding carboxylic acids is 1. The summed E-state index contributed by atoms with van der Waals surface area (Å²) in [6.07, 6.45) is 1.53. The SMILES string of the molecule is C#C[C@]1(O)[C@H](n2cnc3c(=O)[nH]c(N)nc32)O[C@](F)(COC(=O)c2ccccc2)[C@H]1F. The number of aliphatic hydroxyl groups is 1. The molecule has 1 saturated heterocycles. The van der Waals surface area contributed by atoms with Gasteiger partial charge in [-0.25, -0.2) is 18.6 Å². The zero-order chi connectivity index (χ0) is 22.4. The van der Waals surface area contributed by atoms with Crippen LogP contribution in [0.25, 0.3) is 11.2 Å². The molecule has 1 fully saturated rings. The highest BCUT2D eigenvalue weighted by atomic mass is 19.2. The smallest absolute Gasteiger partial charge is 0.338 e. The number of anilines is 1. The number of alkyl halides is 2.